The van der Waals surface area contributed by atoms with Crippen LogP contribution in [0.2, 0.25) is 0 Å². The van der Waals surface area contributed by atoms with Gasteiger partial charge in [-0.3, -0.25) is 14.5 Å². The van der Waals surface area contributed by atoms with Gasteiger partial charge in [0.25, 0.3) is 0 Å². The third-order valence-electron chi connectivity index (χ3n) is 3.28. The van der Waals surface area contributed by atoms with Crippen molar-refractivity contribution in [3.63, 3.8) is 0 Å². The third kappa shape index (κ3) is 3.08. The van der Waals surface area contributed by atoms with E-state index in [0.717, 1.165) is 0 Å². The fourth-order valence-corrected chi connectivity index (χ4v) is 1.86. The molecule has 1 atom stereocenters. The van der Waals surface area contributed by atoms with Gasteiger partial charge in [0.15, 0.2) is 17.3 Å². The van der Waals surface area contributed by atoms with Crippen molar-refractivity contribution in [2.24, 2.45) is 0 Å². The Morgan fingerprint density at radius 3 is 2.75 bits per heavy atom. The van der Waals surface area contributed by atoms with E-state index in [-0.39, 0.29) is 24.5 Å². The molecule has 1 aromatic rings. The Morgan fingerprint density at radius 1 is 1.35 bits per heavy atom. The van der Waals surface area contributed by atoms with E-state index in [1.807, 2.05) is 0 Å². The molecule has 0 saturated heterocycles. The second-order valence-corrected chi connectivity index (χ2v) is 4.76. The highest BCUT2D eigenvalue weighted by Crippen LogP contribution is 2.32. The maximum atomic E-state index is 12.4. The number of likely N-dealkylation sites (N-methyl/N-ethyl adjacent to an activating group) is 1. The molecule has 1 aromatic carbocycles. The van der Waals surface area contributed by atoms with E-state index >= 15 is 0 Å². The Bertz CT molecular complexity index is 530. The normalized spacial score (nSPS) is 14.2. The summed E-state index contributed by atoms with van der Waals surface area (Å²) >= 11 is 0. The van der Waals surface area contributed by atoms with Crippen LogP contribution < -0.4 is 14.8 Å². The minimum absolute atomic E-state index is 0.0313. The number of nitrogens with one attached hydrogen (secondary N) is 1. The summed E-state index contributed by atoms with van der Waals surface area (Å²) in [5.74, 6) is 1.09. The fraction of sp³-hybridized carbons (Fsp3) is 0.429. The van der Waals surface area contributed by atoms with Gasteiger partial charge in [-0.15, -0.1) is 0 Å². The minimum atomic E-state index is -0.345. The van der Waals surface area contributed by atoms with Crippen LogP contribution in [0.4, 0.5) is 0 Å². The van der Waals surface area contributed by atoms with Gasteiger partial charge in [-0.1, -0.05) is 0 Å². The quantitative estimate of drug-likeness (QED) is 0.643. The number of ether oxygens (including phenoxy) is 2. The average molecular weight is 278 g/mol. The van der Waals surface area contributed by atoms with E-state index in [1.54, 1.807) is 37.1 Å². The Hall–Kier alpha value is -2.08. The Morgan fingerprint density at radius 2 is 2.05 bits per heavy atom. The predicted octanol–water partition coefficient (Wildman–Crippen LogP) is 1.01. The topological polar surface area (TPSA) is 67.9 Å². The lowest BCUT2D eigenvalue weighted by Gasteiger charge is -2.23. The molecule has 2 rings (SSSR count). The number of hydrogen-bond acceptors (Lipinski definition) is 5. The molecule has 1 aliphatic heterocycles. The third-order valence-corrected chi connectivity index (χ3v) is 3.28. The van der Waals surface area contributed by atoms with Gasteiger partial charge in [0.05, 0.1) is 12.7 Å². The maximum Gasteiger partial charge on any atom is 0.231 e. The highest BCUT2D eigenvalue weighted by Gasteiger charge is 2.22. The molecule has 6 heteroatoms. The van der Waals surface area contributed by atoms with Crippen LogP contribution in [-0.2, 0) is 4.79 Å². The monoisotopic (exact) mass is 278 g/mol. The molecular formula is C14H18N2O4. The van der Waals surface area contributed by atoms with Crippen molar-refractivity contribution in [3.05, 3.63) is 23.8 Å². The Kier molecular flexibility index (Phi) is 4.24. The molecule has 6 nitrogen and oxygen atoms in total. The maximum absolute atomic E-state index is 12.4. The molecule has 0 bridgehead atoms. The lowest BCUT2D eigenvalue weighted by Crippen LogP contribution is -2.42. The van der Waals surface area contributed by atoms with Gasteiger partial charge in [-0.05, 0) is 32.2 Å². The van der Waals surface area contributed by atoms with Crippen molar-refractivity contribution in [1.29, 1.82) is 0 Å². The first kappa shape index (κ1) is 14.3. The van der Waals surface area contributed by atoms with Crippen molar-refractivity contribution in [2.75, 3.05) is 20.5 Å². The molecule has 0 spiro atoms. The largest absolute Gasteiger partial charge is 0.454 e. The Balaban J connectivity index is 2.04. The molecule has 1 N–H and O–H groups in total. The zero-order chi connectivity index (χ0) is 14.7. The van der Waals surface area contributed by atoms with Gasteiger partial charge >= 0.3 is 0 Å². The zero-order valence-corrected chi connectivity index (χ0v) is 11.8. The molecule has 0 saturated carbocycles. The predicted molar refractivity (Wildman–Crippen MR) is 72.8 cm³/mol. The molecule has 1 amide bonds. The Labute approximate surface area is 117 Å². The number of amides is 1. The molecule has 108 valence electrons. The fourth-order valence-electron chi connectivity index (χ4n) is 1.86. The van der Waals surface area contributed by atoms with Crippen LogP contribution in [0.1, 0.15) is 24.2 Å². The number of rotatable bonds is 5. The highest BCUT2D eigenvalue weighted by atomic mass is 16.7. The SMILES string of the molecule is CC(=O)NCN(C)C(C)C(=O)c1ccc2c(c1)OCO2. The number of ketones is 1. The molecule has 0 aliphatic carbocycles. The van der Waals surface area contributed by atoms with Crippen molar-refractivity contribution >= 4 is 11.7 Å². The molecule has 1 heterocycles. The molecule has 1 aliphatic rings. The summed E-state index contributed by atoms with van der Waals surface area (Å²) in [5, 5.41) is 2.66. The summed E-state index contributed by atoms with van der Waals surface area (Å²) in [6.07, 6.45) is 0. The van der Waals surface area contributed by atoms with Crippen LogP contribution in [-0.4, -0.2) is 43.1 Å². The number of carbonyl (C=O) groups is 2. The summed E-state index contributed by atoms with van der Waals surface area (Å²) in [7, 11) is 1.78. The summed E-state index contributed by atoms with van der Waals surface area (Å²) in [6.45, 7) is 3.75. The van der Waals surface area contributed by atoms with Crippen LogP contribution >= 0.6 is 0 Å². The van der Waals surface area contributed by atoms with Crippen molar-refractivity contribution < 1.29 is 19.1 Å². The molecule has 0 aromatic heterocycles. The van der Waals surface area contributed by atoms with Crippen molar-refractivity contribution in [2.45, 2.75) is 19.9 Å². The number of Topliss-reactive ketones (excluding diaryl/α,β-unsaturated/α-hetero) is 1. The van der Waals surface area contributed by atoms with Crippen LogP contribution in [0, 0.1) is 0 Å². The standard InChI is InChI=1S/C14H18N2O4/c1-9(16(3)7-15-10(2)17)14(18)11-4-5-12-13(6-11)20-8-19-12/h4-6,9H,7-8H2,1-3H3,(H,15,17). The second kappa shape index (κ2) is 5.92. The van der Waals surface area contributed by atoms with E-state index < -0.39 is 0 Å². The average Bonchev–Trinajstić information content (AvgIpc) is 2.90. The van der Waals surface area contributed by atoms with Gasteiger partial charge in [0.1, 0.15) is 0 Å². The first-order valence-electron chi connectivity index (χ1n) is 6.37. The van der Waals surface area contributed by atoms with Gasteiger partial charge < -0.3 is 14.8 Å². The van der Waals surface area contributed by atoms with Crippen LogP contribution in [0.5, 0.6) is 11.5 Å². The molecule has 0 fully saturated rings. The molecule has 0 radical (unpaired) electrons. The van der Waals surface area contributed by atoms with Crippen molar-refractivity contribution in [1.82, 2.24) is 10.2 Å². The lowest BCUT2D eigenvalue weighted by molar-refractivity contribution is -0.119. The van der Waals surface area contributed by atoms with Crippen molar-refractivity contribution in [3.8, 4) is 11.5 Å². The van der Waals surface area contributed by atoms with E-state index in [0.29, 0.717) is 23.7 Å². The van der Waals surface area contributed by atoms with Gasteiger partial charge in [0.2, 0.25) is 12.7 Å². The molecule has 20 heavy (non-hydrogen) atoms. The number of hydrogen-bond donors (Lipinski definition) is 1. The van der Waals surface area contributed by atoms with E-state index in [2.05, 4.69) is 5.32 Å². The summed E-state index contributed by atoms with van der Waals surface area (Å²) < 4.78 is 10.5. The zero-order valence-electron chi connectivity index (χ0n) is 11.8. The number of fused-ring (bicyclic) bond motifs is 1. The highest BCUT2D eigenvalue weighted by molar-refractivity contribution is 6.00. The van der Waals surface area contributed by atoms with E-state index in [1.165, 1.54) is 6.92 Å². The summed E-state index contributed by atoms with van der Waals surface area (Å²) in [5.41, 5.74) is 0.566. The minimum Gasteiger partial charge on any atom is -0.454 e. The van der Waals surface area contributed by atoms with Crippen LogP contribution in [0.3, 0.4) is 0 Å². The lowest BCUT2D eigenvalue weighted by atomic mass is 10.0. The molecular weight excluding hydrogens is 260 g/mol. The summed E-state index contributed by atoms with van der Waals surface area (Å²) in [4.78, 5) is 25.0. The number of nitrogens with zero attached hydrogens (tertiary/aromatic N) is 1. The van der Waals surface area contributed by atoms with Gasteiger partial charge in [-0.25, -0.2) is 0 Å². The van der Waals surface area contributed by atoms with Crippen LogP contribution in [0.15, 0.2) is 18.2 Å². The first-order valence-corrected chi connectivity index (χ1v) is 6.37. The van der Waals surface area contributed by atoms with Crippen LogP contribution in [0.25, 0.3) is 0 Å². The number of carbonyl (C=O) groups excluding carboxylic acids is 2. The molecule has 1 unspecified atom stereocenters. The first-order chi connectivity index (χ1) is 9.49. The van der Waals surface area contributed by atoms with Gasteiger partial charge in [0, 0.05) is 12.5 Å². The van der Waals surface area contributed by atoms with E-state index in [4.69, 9.17) is 9.47 Å². The summed E-state index contributed by atoms with van der Waals surface area (Å²) in [6, 6.07) is 4.80. The second-order valence-electron chi connectivity index (χ2n) is 4.76. The number of benzene rings is 1. The smallest absolute Gasteiger partial charge is 0.231 e. The van der Waals surface area contributed by atoms with Gasteiger partial charge in [-0.2, -0.15) is 0 Å². The van der Waals surface area contributed by atoms with E-state index in [9.17, 15) is 9.59 Å².